The molecule has 12 saturated heterocycles. The summed E-state index contributed by atoms with van der Waals surface area (Å²) in [6.07, 6.45) is -4.84. The highest BCUT2D eigenvalue weighted by atomic mass is 32.3. The number of aliphatic hydroxyl groups excluding tert-OH is 3. The Balaban J connectivity index is 0.742. The Morgan fingerprint density at radius 3 is 1.93 bits per heavy atom. The third kappa shape index (κ3) is 13.0. The summed E-state index contributed by atoms with van der Waals surface area (Å²) in [7, 11) is -9.64. The molecule has 0 aromatic rings. The van der Waals surface area contributed by atoms with Crippen molar-refractivity contribution >= 4 is 20.8 Å². The van der Waals surface area contributed by atoms with E-state index < -0.39 is 184 Å². The van der Waals surface area contributed by atoms with Gasteiger partial charge < -0.3 is 82.0 Å². The predicted molar refractivity (Wildman–Crippen MR) is 307 cm³/mol. The second-order valence-corrected chi connectivity index (χ2v) is 30.3. The normalized spacial score (nSPS) is 50.9. The summed E-state index contributed by atoms with van der Waals surface area (Å²) < 4.78 is 165. The molecule has 6 N–H and O–H groups in total. The van der Waals surface area contributed by atoms with E-state index in [4.69, 9.17) is 70.3 Å². The van der Waals surface area contributed by atoms with Crippen molar-refractivity contribution in [3.8, 4) is 0 Å². The van der Waals surface area contributed by atoms with Crippen molar-refractivity contribution in [1.29, 1.82) is 0 Å². The average Bonchev–Trinajstić information content (AvgIpc) is 0.899. The van der Waals surface area contributed by atoms with Crippen LogP contribution in [0, 0.1) is 5.92 Å². The molecule has 0 amide bonds. The minimum atomic E-state index is -4.93. The SMILES string of the molecule is C=CCC(=C)C=CC(C)(O)C1OC2CC3OC4CC5OC6CC7OC8CC9OC%10CC%11OC(C)(CCCOS(=O)(=O)O)C(OS(=O)(=O)O)CC%11OC%10CC9OC8CCC7(C)OC6(C)CCC(C)C5OC4C(OC4OC(CO)C(O)C4O)C3(C)OC2CC1=C. The van der Waals surface area contributed by atoms with Crippen LogP contribution in [0.2, 0.25) is 0 Å². The van der Waals surface area contributed by atoms with Crippen LogP contribution in [0.25, 0.3) is 0 Å². The van der Waals surface area contributed by atoms with E-state index in [0.29, 0.717) is 76.2 Å². The molecule has 27 heteroatoms. The Hall–Kier alpha value is -1.98. The number of fused-ring (bicyclic) bond motifs is 10. The van der Waals surface area contributed by atoms with Gasteiger partial charge in [-0.25, -0.2) is 8.37 Å². The molecule has 0 radical (unpaired) electrons. The first-order chi connectivity index (χ1) is 41.4. The standard InChI is InChI=1S/C61H92O25S2/c1-10-12-30(2)13-17-57(5,65)54-32(4)21-41-40(79-54)27-49-61(9,84-41)55(82-56-51(64)50(63)45(29-62)80-56)53-44(78-49)25-43-52(81-53)31(3)14-18-59(7)47(77-43)28-46-60(8,86-59)19-15-33-34(76-46)22-36-35(73-33)23-37-38(74-36)24-42-39(75-37)26-48(85-88(69,70)71)58(6,83-42)16-11-20-72-87(66,67)68/h10,13,17,31,33-56,62-65H,1-2,4,11-12,14-16,18-29H2,3,5-9H3,(H,66,67,68)(H,69,70,71). The quantitative estimate of drug-likeness (QED) is 0.0586. The minimum Gasteiger partial charge on any atom is -0.394 e. The molecule has 12 aliphatic heterocycles. The Bertz CT molecular complexity index is 2840. The van der Waals surface area contributed by atoms with Crippen molar-refractivity contribution in [2.75, 3.05) is 13.2 Å². The molecule has 30 atom stereocenters. The van der Waals surface area contributed by atoms with Gasteiger partial charge in [-0.3, -0.25) is 9.11 Å². The fraction of sp³-hybridized carbons (Fsp3) is 0.869. The van der Waals surface area contributed by atoms with Gasteiger partial charge in [0.05, 0.1) is 128 Å². The van der Waals surface area contributed by atoms with E-state index in [1.54, 1.807) is 32.1 Å². The molecule has 0 aromatic heterocycles. The molecule has 0 spiro atoms. The molecule has 0 saturated carbocycles. The molecule has 498 valence electrons. The van der Waals surface area contributed by atoms with Crippen LogP contribution in [0.5, 0.6) is 0 Å². The highest BCUT2D eigenvalue weighted by molar-refractivity contribution is 7.81. The zero-order valence-electron chi connectivity index (χ0n) is 51.1. The maximum Gasteiger partial charge on any atom is 0.397 e. The zero-order valence-corrected chi connectivity index (χ0v) is 52.7. The van der Waals surface area contributed by atoms with Crippen molar-refractivity contribution in [2.45, 2.75) is 313 Å². The first kappa shape index (κ1) is 66.1. The average molecular weight is 1290 g/mol. The summed E-state index contributed by atoms with van der Waals surface area (Å²) in [5, 5.41) is 44.2. The van der Waals surface area contributed by atoms with E-state index >= 15 is 0 Å². The largest absolute Gasteiger partial charge is 0.397 e. The number of ether oxygens (including phenoxy) is 13. The third-order valence-corrected chi connectivity index (χ3v) is 22.5. The first-order valence-corrected chi connectivity index (χ1v) is 34.3. The Morgan fingerprint density at radius 2 is 1.28 bits per heavy atom. The van der Waals surface area contributed by atoms with Gasteiger partial charge in [0.15, 0.2) is 6.29 Å². The number of hydrogen-bond acceptors (Lipinski definition) is 23. The van der Waals surface area contributed by atoms with Gasteiger partial charge in [0.1, 0.15) is 53.9 Å². The van der Waals surface area contributed by atoms with Crippen molar-refractivity contribution < 1.29 is 116 Å². The number of hydrogen-bond donors (Lipinski definition) is 6. The van der Waals surface area contributed by atoms with Gasteiger partial charge in [-0.05, 0) is 97.5 Å². The van der Waals surface area contributed by atoms with Crippen molar-refractivity contribution in [3.63, 3.8) is 0 Å². The van der Waals surface area contributed by atoms with Gasteiger partial charge in [-0.2, -0.15) is 16.8 Å². The van der Waals surface area contributed by atoms with Crippen LogP contribution < -0.4 is 0 Å². The molecule has 0 aliphatic carbocycles. The fourth-order valence-corrected chi connectivity index (χ4v) is 17.7. The maximum absolute atomic E-state index is 12.1. The van der Waals surface area contributed by atoms with Gasteiger partial charge in [0, 0.05) is 44.9 Å². The number of rotatable bonds is 15. The van der Waals surface area contributed by atoms with Crippen LogP contribution in [0.15, 0.2) is 49.1 Å². The van der Waals surface area contributed by atoms with Crippen molar-refractivity contribution in [2.24, 2.45) is 5.92 Å². The molecule has 12 fully saturated rings. The predicted octanol–water partition coefficient (Wildman–Crippen LogP) is 3.91. The van der Waals surface area contributed by atoms with Crippen LogP contribution in [-0.2, 0) is 90.7 Å². The Morgan fingerprint density at radius 1 is 0.693 bits per heavy atom. The first-order valence-electron chi connectivity index (χ1n) is 31.6. The molecule has 88 heavy (non-hydrogen) atoms. The van der Waals surface area contributed by atoms with Crippen LogP contribution in [0.4, 0.5) is 0 Å². The number of allylic oxidation sites excluding steroid dienone is 3. The second kappa shape index (κ2) is 24.7. The van der Waals surface area contributed by atoms with E-state index in [1.165, 1.54) is 0 Å². The van der Waals surface area contributed by atoms with Gasteiger partial charge in [-0.1, -0.05) is 43.9 Å². The molecule has 12 rings (SSSR count). The van der Waals surface area contributed by atoms with E-state index in [9.17, 15) is 41.8 Å². The summed E-state index contributed by atoms with van der Waals surface area (Å²) in [6, 6.07) is 0. The molecule has 30 unspecified atom stereocenters. The Labute approximate surface area is 515 Å². The van der Waals surface area contributed by atoms with Gasteiger partial charge in [-0.15, -0.1) is 6.58 Å². The van der Waals surface area contributed by atoms with Gasteiger partial charge >= 0.3 is 20.8 Å². The summed E-state index contributed by atoms with van der Waals surface area (Å²) in [5.41, 5.74) is -4.01. The third-order valence-electron chi connectivity index (χ3n) is 21.6. The topological polar surface area (TPSA) is 328 Å². The van der Waals surface area contributed by atoms with Crippen molar-refractivity contribution in [3.05, 3.63) is 49.1 Å². The molecule has 12 aliphatic rings. The van der Waals surface area contributed by atoms with E-state index in [0.717, 1.165) is 12.0 Å². The minimum absolute atomic E-state index is 0.0396. The molecular formula is C61H92O25S2. The highest BCUT2D eigenvalue weighted by Crippen LogP contribution is 2.55. The van der Waals surface area contributed by atoms with E-state index in [2.05, 4.69) is 44.7 Å². The molecule has 0 bridgehead atoms. The molecular weight excluding hydrogens is 1200 g/mol. The van der Waals surface area contributed by atoms with E-state index in [-0.39, 0.29) is 49.6 Å². The van der Waals surface area contributed by atoms with Crippen LogP contribution >= 0.6 is 0 Å². The highest BCUT2D eigenvalue weighted by Gasteiger charge is 2.67. The summed E-state index contributed by atoms with van der Waals surface area (Å²) in [6.45, 7) is 22.9. The lowest BCUT2D eigenvalue weighted by Crippen LogP contribution is -2.75. The smallest absolute Gasteiger partial charge is 0.394 e. The van der Waals surface area contributed by atoms with Crippen LogP contribution in [0.3, 0.4) is 0 Å². The van der Waals surface area contributed by atoms with E-state index in [1.807, 2.05) is 6.92 Å². The summed E-state index contributed by atoms with van der Waals surface area (Å²) in [5.74, 6) is -0.0396. The van der Waals surface area contributed by atoms with Gasteiger partial charge in [0.25, 0.3) is 0 Å². The van der Waals surface area contributed by atoms with Crippen LogP contribution in [-0.4, -0.2) is 234 Å². The maximum atomic E-state index is 12.1. The van der Waals surface area contributed by atoms with Gasteiger partial charge in [0.2, 0.25) is 0 Å². The summed E-state index contributed by atoms with van der Waals surface area (Å²) in [4.78, 5) is 0. The Kier molecular flexibility index (Phi) is 18.5. The number of aliphatic hydroxyl groups is 4. The lowest BCUT2D eigenvalue weighted by atomic mass is 9.72. The molecule has 12 heterocycles. The summed E-state index contributed by atoms with van der Waals surface area (Å²) >= 11 is 0. The van der Waals surface area contributed by atoms with Crippen LogP contribution in [0.1, 0.15) is 138 Å². The zero-order chi connectivity index (χ0) is 62.8. The molecule has 25 nitrogen and oxygen atoms in total. The monoisotopic (exact) mass is 1290 g/mol. The fourth-order valence-electron chi connectivity index (χ4n) is 16.8. The lowest BCUT2D eigenvalue weighted by Gasteiger charge is -2.61. The lowest BCUT2D eigenvalue weighted by molar-refractivity contribution is -0.387. The molecule has 0 aromatic carbocycles. The second-order valence-electron chi connectivity index (χ2n) is 28.2. The van der Waals surface area contributed by atoms with Crippen molar-refractivity contribution in [1.82, 2.24) is 0 Å².